The fourth-order valence-corrected chi connectivity index (χ4v) is 4.34. The lowest BCUT2D eigenvalue weighted by Crippen LogP contribution is -2.43. The van der Waals surface area contributed by atoms with E-state index < -0.39 is 10.0 Å². The summed E-state index contributed by atoms with van der Waals surface area (Å²) in [6.45, 7) is 4.98. The molecule has 31 heavy (non-hydrogen) atoms. The van der Waals surface area contributed by atoms with E-state index in [1.54, 1.807) is 20.1 Å². The molecule has 1 aliphatic heterocycles. The van der Waals surface area contributed by atoms with E-state index in [-0.39, 0.29) is 16.8 Å². The Bertz CT molecular complexity index is 1000. The maximum Gasteiger partial charge on any atom is 0.251 e. The van der Waals surface area contributed by atoms with E-state index >= 15 is 0 Å². The molecule has 1 unspecified atom stereocenters. The smallest absolute Gasteiger partial charge is 0.251 e. The van der Waals surface area contributed by atoms with Gasteiger partial charge in [-0.15, -0.1) is 0 Å². The number of nitrogens with zero attached hydrogens (tertiary/aromatic N) is 1. The third-order valence-electron chi connectivity index (χ3n) is 5.48. The zero-order valence-electron chi connectivity index (χ0n) is 18.1. The van der Waals surface area contributed by atoms with Gasteiger partial charge in [0, 0.05) is 25.2 Å². The van der Waals surface area contributed by atoms with Crippen LogP contribution in [0.2, 0.25) is 0 Å². The minimum absolute atomic E-state index is 0.0386. The number of aryl methyl sites for hydroxylation is 1. The van der Waals surface area contributed by atoms with Crippen LogP contribution < -0.4 is 14.8 Å². The van der Waals surface area contributed by atoms with E-state index in [2.05, 4.69) is 14.9 Å². The van der Waals surface area contributed by atoms with Gasteiger partial charge in [0.15, 0.2) is 0 Å². The predicted octanol–water partition coefficient (Wildman–Crippen LogP) is 1.72. The lowest BCUT2D eigenvalue weighted by atomic mass is 10.0. The first-order chi connectivity index (χ1) is 14.9. The molecule has 1 saturated heterocycles. The lowest BCUT2D eigenvalue weighted by Gasteiger charge is -2.35. The van der Waals surface area contributed by atoms with Crippen molar-refractivity contribution >= 4 is 15.9 Å². The van der Waals surface area contributed by atoms with Gasteiger partial charge in [-0.2, -0.15) is 0 Å². The van der Waals surface area contributed by atoms with Crippen molar-refractivity contribution in [2.24, 2.45) is 0 Å². The second-order valence-corrected chi connectivity index (χ2v) is 9.22. The highest BCUT2D eigenvalue weighted by Crippen LogP contribution is 2.24. The molecule has 168 valence electrons. The summed E-state index contributed by atoms with van der Waals surface area (Å²) in [4.78, 5) is 15.3. The number of methoxy groups -OCH3 is 1. The Labute approximate surface area is 183 Å². The monoisotopic (exact) mass is 447 g/mol. The summed E-state index contributed by atoms with van der Waals surface area (Å²) in [6.07, 6.45) is 0. The molecule has 0 radical (unpaired) electrons. The minimum atomic E-state index is -3.63. The SMILES string of the molecule is CNS(=O)(=O)c1ccc(C)c(C(=O)NCC(c2ccc(OC)cc2)N2CCOCC2)c1. The topological polar surface area (TPSA) is 97.0 Å². The predicted molar refractivity (Wildman–Crippen MR) is 118 cm³/mol. The van der Waals surface area contributed by atoms with Crippen LogP contribution in [0.5, 0.6) is 5.75 Å². The molecule has 0 aliphatic carbocycles. The number of hydrogen-bond acceptors (Lipinski definition) is 6. The number of morpholine rings is 1. The summed E-state index contributed by atoms with van der Waals surface area (Å²) in [6, 6.07) is 12.3. The van der Waals surface area contributed by atoms with E-state index in [0.717, 1.165) is 24.4 Å². The number of carbonyl (C=O) groups is 1. The van der Waals surface area contributed by atoms with Gasteiger partial charge >= 0.3 is 0 Å². The molecular weight excluding hydrogens is 418 g/mol. The summed E-state index contributed by atoms with van der Waals surface area (Å²) in [5, 5.41) is 2.99. The normalized spacial score (nSPS) is 16.0. The van der Waals surface area contributed by atoms with Crippen molar-refractivity contribution in [2.75, 3.05) is 47.0 Å². The van der Waals surface area contributed by atoms with E-state index in [9.17, 15) is 13.2 Å². The second-order valence-electron chi connectivity index (χ2n) is 7.33. The Kier molecular flexibility index (Phi) is 7.66. The summed E-state index contributed by atoms with van der Waals surface area (Å²) in [7, 11) is -0.665. The largest absolute Gasteiger partial charge is 0.497 e. The molecule has 9 heteroatoms. The van der Waals surface area contributed by atoms with Crippen molar-refractivity contribution in [3.63, 3.8) is 0 Å². The molecule has 0 aromatic heterocycles. The first-order valence-electron chi connectivity index (χ1n) is 10.1. The summed E-state index contributed by atoms with van der Waals surface area (Å²) < 4.78 is 37.3. The van der Waals surface area contributed by atoms with Crippen LogP contribution in [-0.4, -0.2) is 66.2 Å². The standard InChI is InChI=1S/C22H29N3O5S/c1-16-4-9-19(31(27,28)23-2)14-20(16)22(26)24-15-21(25-10-12-30-13-11-25)17-5-7-18(29-3)8-6-17/h4-9,14,21,23H,10-13,15H2,1-3H3,(H,24,26). The molecule has 2 N–H and O–H groups in total. The van der Waals surface area contributed by atoms with Crippen LogP contribution in [0.25, 0.3) is 0 Å². The van der Waals surface area contributed by atoms with Crippen LogP contribution in [-0.2, 0) is 14.8 Å². The van der Waals surface area contributed by atoms with Crippen LogP contribution in [0.15, 0.2) is 47.4 Å². The van der Waals surface area contributed by atoms with Crippen molar-refractivity contribution < 1.29 is 22.7 Å². The Morgan fingerprint density at radius 2 is 1.84 bits per heavy atom. The number of nitrogens with one attached hydrogen (secondary N) is 2. The number of amides is 1. The van der Waals surface area contributed by atoms with E-state index in [0.29, 0.717) is 30.9 Å². The number of hydrogen-bond donors (Lipinski definition) is 2. The second kappa shape index (κ2) is 10.2. The van der Waals surface area contributed by atoms with Gasteiger partial charge in [-0.1, -0.05) is 18.2 Å². The number of ether oxygens (including phenoxy) is 2. The summed E-state index contributed by atoms with van der Waals surface area (Å²) in [5.74, 6) is 0.462. The molecular formula is C22H29N3O5S. The van der Waals surface area contributed by atoms with Gasteiger partial charge < -0.3 is 14.8 Å². The molecule has 1 aliphatic rings. The van der Waals surface area contributed by atoms with Crippen LogP contribution in [0.4, 0.5) is 0 Å². The zero-order valence-corrected chi connectivity index (χ0v) is 18.9. The zero-order chi connectivity index (χ0) is 22.4. The quantitative estimate of drug-likeness (QED) is 0.640. The van der Waals surface area contributed by atoms with Gasteiger partial charge in [0.25, 0.3) is 5.91 Å². The fourth-order valence-electron chi connectivity index (χ4n) is 3.59. The average molecular weight is 448 g/mol. The van der Waals surface area contributed by atoms with Gasteiger partial charge in [0.1, 0.15) is 5.75 Å². The molecule has 0 spiro atoms. The highest BCUT2D eigenvalue weighted by atomic mass is 32.2. The lowest BCUT2D eigenvalue weighted by molar-refractivity contribution is 0.0162. The van der Waals surface area contributed by atoms with Crippen molar-refractivity contribution in [2.45, 2.75) is 17.9 Å². The number of benzene rings is 2. The Morgan fingerprint density at radius 1 is 1.16 bits per heavy atom. The third kappa shape index (κ3) is 5.62. The summed E-state index contributed by atoms with van der Waals surface area (Å²) in [5.41, 5.74) is 2.11. The van der Waals surface area contributed by atoms with Crippen LogP contribution in [0.1, 0.15) is 27.5 Å². The van der Waals surface area contributed by atoms with Gasteiger partial charge in [-0.05, 0) is 49.4 Å². The van der Waals surface area contributed by atoms with Gasteiger partial charge in [-0.25, -0.2) is 13.1 Å². The van der Waals surface area contributed by atoms with Crippen molar-refractivity contribution in [1.82, 2.24) is 14.9 Å². The van der Waals surface area contributed by atoms with E-state index in [1.165, 1.54) is 19.2 Å². The van der Waals surface area contributed by atoms with Gasteiger partial charge in [0.2, 0.25) is 10.0 Å². The first kappa shape index (κ1) is 23.2. The molecule has 0 saturated carbocycles. The maximum atomic E-state index is 13.0. The number of carbonyl (C=O) groups excluding carboxylic acids is 1. The Hall–Kier alpha value is -2.46. The molecule has 8 nitrogen and oxygen atoms in total. The minimum Gasteiger partial charge on any atom is -0.497 e. The number of rotatable bonds is 8. The van der Waals surface area contributed by atoms with Gasteiger partial charge in [0.05, 0.1) is 31.3 Å². The highest BCUT2D eigenvalue weighted by Gasteiger charge is 2.24. The fraction of sp³-hybridized carbons (Fsp3) is 0.409. The van der Waals surface area contributed by atoms with Crippen molar-refractivity contribution in [3.8, 4) is 5.75 Å². The Balaban J connectivity index is 1.80. The molecule has 1 amide bonds. The third-order valence-corrected chi connectivity index (χ3v) is 6.89. The average Bonchev–Trinajstić information content (AvgIpc) is 2.80. The highest BCUT2D eigenvalue weighted by molar-refractivity contribution is 7.89. The van der Waals surface area contributed by atoms with Gasteiger partial charge in [-0.3, -0.25) is 9.69 Å². The molecule has 1 heterocycles. The molecule has 2 aromatic carbocycles. The maximum absolute atomic E-state index is 13.0. The number of sulfonamides is 1. The van der Waals surface area contributed by atoms with Crippen LogP contribution in [0, 0.1) is 6.92 Å². The molecule has 3 rings (SSSR count). The molecule has 1 atom stereocenters. The molecule has 1 fully saturated rings. The van der Waals surface area contributed by atoms with Crippen molar-refractivity contribution in [3.05, 3.63) is 59.2 Å². The van der Waals surface area contributed by atoms with Crippen LogP contribution >= 0.6 is 0 Å². The van der Waals surface area contributed by atoms with Crippen molar-refractivity contribution in [1.29, 1.82) is 0 Å². The van der Waals surface area contributed by atoms with E-state index in [1.807, 2.05) is 24.3 Å². The van der Waals surface area contributed by atoms with E-state index in [4.69, 9.17) is 9.47 Å². The first-order valence-corrected chi connectivity index (χ1v) is 11.6. The Morgan fingerprint density at radius 3 is 2.45 bits per heavy atom. The molecule has 0 bridgehead atoms. The molecule has 2 aromatic rings. The van der Waals surface area contributed by atoms with Crippen LogP contribution in [0.3, 0.4) is 0 Å². The summed E-state index contributed by atoms with van der Waals surface area (Å²) >= 11 is 0.